The highest BCUT2D eigenvalue weighted by molar-refractivity contribution is 6.33. The van der Waals surface area contributed by atoms with Crippen molar-refractivity contribution in [3.05, 3.63) is 46.7 Å². The second kappa shape index (κ2) is 4.49. The van der Waals surface area contributed by atoms with E-state index in [0.29, 0.717) is 6.29 Å². The Hall–Kier alpha value is -1.75. The van der Waals surface area contributed by atoms with Crippen molar-refractivity contribution in [2.24, 2.45) is 0 Å². The van der Waals surface area contributed by atoms with Crippen molar-refractivity contribution in [2.75, 3.05) is 0 Å². The van der Waals surface area contributed by atoms with Crippen molar-refractivity contribution in [3.63, 3.8) is 0 Å². The molecule has 2 aromatic rings. The van der Waals surface area contributed by atoms with Gasteiger partial charge in [0.1, 0.15) is 5.76 Å². The Balaban J connectivity index is 2.65. The molecule has 0 aliphatic heterocycles. The number of hydrogen-bond donors (Lipinski definition) is 0. The van der Waals surface area contributed by atoms with E-state index >= 15 is 0 Å². The Morgan fingerprint density at radius 3 is 2.44 bits per heavy atom. The van der Waals surface area contributed by atoms with Gasteiger partial charge < -0.3 is 4.42 Å². The van der Waals surface area contributed by atoms with Gasteiger partial charge in [-0.05, 0) is 24.3 Å². The molecule has 0 saturated carbocycles. The fourth-order valence-electron chi connectivity index (χ4n) is 1.56. The lowest BCUT2D eigenvalue weighted by Gasteiger charge is -2.12. The predicted molar refractivity (Wildman–Crippen MR) is 59.5 cm³/mol. The summed E-state index contributed by atoms with van der Waals surface area (Å²) < 4.78 is 43.5. The third-order valence-corrected chi connectivity index (χ3v) is 2.62. The Morgan fingerprint density at radius 2 is 1.89 bits per heavy atom. The van der Waals surface area contributed by atoms with Crippen LogP contribution in [0.1, 0.15) is 16.1 Å². The molecule has 1 aromatic carbocycles. The molecule has 1 aromatic heterocycles. The predicted octanol–water partition coefficient (Wildman–Crippen LogP) is 4.43. The summed E-state index contributed by atoms with van der Waals surface area (Å²) in [5.74, 6) is -0.145. The van der Waals surface area contributed by atoms with Crippen LogP contribution in [0.4, 0.5) is 13.2 Å². The van der Waals surface area contributed by atoms with E-state index in [2.05, 4.69) is 0 Å². The molecule has 0 bridgehead atoms. The Bertz CT molecular complexity index is 587. The van der Waals surface area contributed by atoms with Crippen molar-refractivity contribution in [1.29, 1.82) is 0 Å². The van der Waals surface area contributed by atoms with E-state index in [9.17, 15) is 18.0 Å². The summed E-state index contributed by atoms with van der Waals surface area (Å²) in [6.07, 6.45) is -4.14. The largest absolute Gasteiger partial charge is 0.453 e. The first-order chi connectivity index (χ1) is 8.43. The quantitative estimate of drug-likeness (QED) is 0.758. The zero-order valence-corrected chi connectivity index (χ0v) is 9.55. The van der Waals surface area contributed by atoms with Crippen LogP contribution in [0.3, 0.4) is 0 Å². The molecule has 0 amide bonds. The van der Waals surface area contributed by atoms with Crippen molar-refractivity contribution in [3.8, 4) is 11.3 Å². The highest BCUT2D eigenvalue weighted by Gasteiger charge is 2.35. The standard InChI is InChI=1S/C12H6ClF3O2/c13-9-3-1-2-8(12(14,15)16)11(9)10-5-4-7(6-17)18-10/h1-6H. The van der Waals surface area contributed by atoms with Gasteiger partial charge >= 0.3 is 6.18 Å². The number of halogens is 4. The van der Waals surface area contributed by atoms with Crippen LogP contribution in [0, 0.1) is 0 Å². The molecule has 18 heavy (non-hydrogen) atoms. The minimum atomic E-state index is -4.55. The number of alkyl halides is 3. The van der Waals surface area contributed by atoms with Crippen LogP contribution in [0.5, 0.6) is 0 Å². The van der Waals surface area contributed by atoms with Gasteiger partial charge in [-0.1, -0.05) is 17.7 Å². The molecular formula is C12H6ClF3O2. The molecule has 6 heteroatoms. The molecule has 0 aliphatic carbocycles. The summed E-state index contributed by atoms with van der Waals surface area (Å²) in [4.78, 5) is 10.5. The van der Waals surface area contributed by atoms with E-state index in [-0.39, 0.29) is 22.1 Å². The zero-order chi connectivity index (χ0) is 13.3. The Morgan fingerprint density at radius 1 is 1.17 bits per heavy atom. The highest BCUT2D eigenvalue weighted by Crippen LogP contribution is 2.41. The normalized spacial score (nSPS) is 11.6. The average molecular weight is 275 g/mol. The molecule has 2 nitrogen and oxygen atoms in total. The maximum Gasteiger partial charge on any atom is 0.417 e. The molecule has 0 unspecified atom stereocenters. The monoisotopic (exact) mass is 274 g/mol. The van der Waals surface area contributed by atoms with Gasteiger partial charge in [-0.25, -0.2) is 0 Å². The van der Waals surface area contributed by atoms with Crippen molar-refractivity contribution < 1.29 is 22.4 Å². The number of aldehydes is 1. The van der Waals surface area contributed by atoms with Crippen molar-refractivity contribution in [1.82, 2.24) is 0 Å². The Labute approximate surface area is 105 Å². The Kier molecular flexibility index (Phi) is 3.17. The zero-order valence-electron chi connectivity index (χ0n) is 8.79. The highest BCUT2D eigenvalue weighted by atomic mass is 35.5. The van der Waals surface area contributed by atoms with Crippen molar-refractivity contribution >= 4 is 17.9 Å². The van der Waals surface area contributed by atoms with Crippen molar-refractivity contribution in [2.45, 2.75) is 6.18 Å². The maximum atomic E-state index is 12.8. The minimum Gasteiger partial charge on any atom is -0.453 e. The van der Waals surface area contributed by atoms with Gasteiger partial charge in [0, 0.05) is 5.56 Å². The lowest BCUT2D eigenvalue weighted by atomic mass is 10.0. The van der Waals surface area contributed by atoms with Gasteiger partial charge in [-0.15, -0.1) is 0 Å². The molecular weight excluding hydrogens is 269 g/mol. The van der Waals surface area contributed by atoms with Crippen LogP contribution < -0.4 is 0 Å². The van der Waals surface area contributed by atoms with Crippen LogP contribution in [0.2, 0.25) is 5.02 Å². The lowest BCUT2D eigenvalue weighted by molar-refractivity contribution is -0.137. The molecule has 0 atom stereocenters. The summed E-state index contributed by atoms with van der Waals surface area (Å²) in [6.45, 7) is 0. The van der Waals surface area contributed by atoms with Crippen LogP contribution in [0.15, 0.2) is 34.7 Å². The molecule has 1 heterocycles. The van der Waals surface area contributed by atoms with Crippen LogP contribution in [0.25, 0.3) is 11.3 Å². The third-order valence-electron chi connectivity index (χ3n) is 2.31. The molecule has 2 rings (SSSR count). The van der Waals surface area contributed by atoms with E-state index in [1.165, 1.54) is 24.3 Å². The molecule has 94 valence electrons. The molecule has 0 fully saturated rings. The van der Waals surface area contributed by atoms with Gasteiger partial charge in [0.05, 0.1) is 10.6 Å². The second-order valence-electron chi connectivity index (χ2n) is 3.48. The van der Waals surface area contributed by atoms with E-state index in [0.717, 1.165) is 6.07 Å². The number of carbonyl (C=O) groups excluding carboxylic acids is 1. The summed E-state index contributed by atoms with van der Waals surface area (Å²) in [5.41, 5.74) is -1.17. The maximum absolute atomic E-state index is 12.8. The topological polar surface area (TPSA) is 30.2 Å². The first-order valence-electron chi connectivity index (χ1n) is 4.84. The summed E-state index contributed by atoms with van der Waals surface area (Å²) in [7, 11) is 0. The van der Waals surface area contributed by atoms with Crippen LogP contribution in [-0.4, -0.2) is 6.29 Å². The number of hydrogen-bond acceptors (Lipinski definition) is 2. The molecule has 0 radical (unpaired) electrons. The summed E-state index contributed by atoms with van der Waals surface area (Å²) in [6, 6.07) is 6.00. The average Bonchev–Trinajstić information content (AvgIpc) is 2.75. The minimum absolute atomic E-state index is 0.0574. The van der Waals surface area contributed by atoms with Crippen LogP contribution >= 0.6 is 11.6 Å². The lowest BCUT2D eigenvalue weighted by Crippen LogP contribution is -2.07. The van der Waals surface area contributed by atoms with E-state index in [1.54, 1.807) is 0 Å². The fourth-order valence-corrected chi connectivity index (χ4v) is 1.83. The molecule has 0 N–H and O–H groups in total. The summed E-state index contributed by atoms with van der Waals surface area (Å²) in [5, 5.41) is -0.0865. The van der Waals surface area contributed by atoms with E-state index in [4.69, 9.17) is 16.0 Å². The van der Waals surface area contributed by atoms with Gasteiger partial charge in [-0.3, -0.25) is 4.79 Å². The van der Waals surface area contributed by atoms with E-state index in [1.807, 2.05) is 0 Å². The second-order valence-corrected chi connectivity index (χ2v) is 3.89. The summed E-state index contributed by atoms with van der Waals surface area (Å²) >= 11 is 5.77. The molecule has 0 spiro atoms. The third kappa shape index (κ3) is 2.26. The molecule has 0 saturated heterocycles. The van der Waals surface area contributed by atoms with Gasteiger partial charge in [0.2, 0.25) is 0 Å². The van der Waals surface area contributed by atoms with Gasteiger partial charge in [-0.2, -0.15) is 13.2 Å². The number of carbonyl (C=O) groups is 1. The smallest absolute Gasteiger partial charge is 0.417 e. The fraction of sp³-hybridized carbons (Fsp3) is 0.0833. The molecule has 0 aliphatic rings. The SMILES string of the molecule is O=Cc1ccc(-c2c(Cl)cccc2C(F)(F)F)o1. The number of benzene rings is 1. The number of rotatable bonds is 2. The first-order valence-corrected chi connectivity index (χ1v) is 5.22. The first kappa shape index (κ1) is 12.7. The van der Waals surface area contributed by atoms with Gasteiger partial charge in [0.25, 0.3) is 0 Å². The number of furan rings is 1. The van der Waals surface area contributed by atoms with Crippen LogP contribution in [-0.2, 0) is 6.18 Å². The van der Waals surface area contributed by atoms with E-state index < -0.39 is 11.7 Å². The van der Waals surface area contributed by atoms with Gasteiger partial charge in [0.15, 0.2) is 12.0 Å².